The number of nitrogens with one attached hydrogen (secondary N) is 1. The van der Waals surface area contributed by atoms with Gasteiger partial charge in [0.2, 0.25) is 11.8 Å². The molecular formula is C28H26F2N4O2S2. The molecule has 1 N–H and O–H groups in total. The van der Waals surface area contributed by atoms with Gasteiger partial charge in [0, 0.05) is 23.2 Å². The van der Waals surface area contributed by atoms with Gasteiger partial charge in [0.1, 0.15) is 29.7 Å². The van der Waals surface area contributed by atoms with Gasteiger partial charge in [-0.3, -0.25) is 14.5 Å². The second-order valence-electron chi connectivity index (χ2n) is 9.32. The van der Waals surface area contributed by atoms with Crippen molar-refractivity contribution in [2.75, 3.05) is 17.2 Å². The number of hydrogen-bond donors (Lipinski definition) is 1. The summed E-state index contributed by atoms with van der Waals surface area (Å²) in [6.07, 6.45) is 0. The number of halogens is 2. The van der Waals surface area contributed by atoms with Gasteiger partial charge in [-0.25, -0.2) is 13.5 Å². The quantitative estimate of drug-likeness (QED) is 0.324. The maximum atomic E-state index is 15.2. The molecule has 3 heterocycles. The van der Waals surface area contributed by atoms with Crippen LogP contribution in [0.2, 0.25) is 0 Å². The van der Waals surface area contributed by atoms with Crippen LogP contribution in [0.5, 0.6) is 0 Å². The summed E-state index contributed by atoms with van der Waals surface area (Å²) in [6.45, 7) is 5.42. The number of thioether (sulfide) groups is 1. The first-order valence-electron chi connectivity index (χ1n) is 12.1. The van der Waals surface area contributed by atoms with E-state index in [4.69, 9.17) is 5.10 Å². The fourth-order valence-corrected chi connectivity index (χ4v) is 6.50. The van der Waals surface area contributed by atoms with Crippen LogP contribution >= 0.6 is 23.1 Å². The van der Waals surface area contributed by atoms with Crippen molar-refractivity contribution in [3.63, 3.8) is 0 Å². The summed E-state index contributed by atoms with van der Waals surface area (Å²) >= 11 is 2.72. The first kappa shape index (κ1) is 26.1. The first-order valence-corrected chi connectivity index (χ1v) is 14.1. The Balaban J connectivity index is 1.82. The molecule has 10 heteroatoms. The van der Waals surface area contributed by atoms with E-state index < -0.39 is 16.9 Å². The molecule has 2 amide bonds. The zero-order valence-corrected chi connectivity index (χ0v) is 22.7. The maximum absolute atomic E-state index is 15.2. The lowest BCUT2D eigenvalue weighted by molar-refractivity contribution is -0.123. The van der Waals surface area contributed by atoms with Gasteiger partial charge in [-0.05, 0) is 49.9 Å². The summed E-state index contributed by atoms with van der Waals surface area (Å²) in [6, 6.07) is 14.8. The van der Waals surface area contributed by atoms with Crippen molar-refractivity contribution >= 4 is 40.7 Å². The highest BCUT2D eigenvalue weighted by Gasteiger charge is 2.39. The van der Waals surface area contributed by atoms with Crippen LogP contribution in [-0.4, -0.2) is 39.9 Å². The molecule has 0 radical (unpaired) electrons. The van der Waals surface area contributed by atoms with Crippen molar-refractivity contribution in [2.24, 2.45) is 0 Å². The second-order valence-corrected chi connectivity index (χ2v) is 11.4. The molecule has 2 aromatic heterocycles. The van der Waals surface area contributed by atoms with E-state index in [9.17, 15) is 14.0 Å². The van der Waals surface area contributed by atoms with Gasteiger partial charge in [0.15, 0.2) is 0 Å². The highest BCUT2D eigenvalue weighted by Crippen LogP contribution is 2.49. The average molecular weight is 553 g/mol. The minimum atomic E-state index is -0.701. The Morgan fingerprint density at radius 3 is 2.63 bits per heavy atom. The van der Waals surface area contributed by atoms with Crippen LogP contribution in [0.3, 0.4) is 0 Å². The van der Waals surface area contributed by atoms with Gasteiger partial charge in [0.25, 0.3) is 0 Å². The van der Waals surface area contributed by atoms with Gasteiger partial charge >= 0.3 is 0 Å². The molecule has 196 valence electrons. The molecule has 2 aromatic carbocycles. The van der Waals surface area contributed by atoms with Crippen LogP contribution in [0.25, 0.3) is 16.3 Å². The minimum absolute atomic E-state index is 0.00275. The fraction of sp³-hybridized carbons (Fsp3) is 0.250. The number of nitrogens with zero attached hydrogens (tertiary/aromatic N) is 3. The molecule has 0 saturated heterocycles. The van der Waals surface area contributed by atoms with Crippen molar-refractivity contribution < 1.29 is 18.4 Å². The number of hydrogen-bond acceptors (Lipinski definition) is 5. The number of carbonyl (C=O) groups is 2. The lowest BCUT2D eigenvalue weighted by Gasteiger charge is -2.24. The fourth-order valence-electron chi connectivity index (χ4n) is 4.55. The number of benzene rings is 2. The largest absolute Gasteiger partial charge is 0.352 e. The van der Waals surface area contributed by atoms with Crippen LogP contribution in [0.1, 0.15) is 35.8 Å². The molecule has 0 saturated carbocycles. The zero-order valence-electron chi connectivity index (χ0n) is 21.1. The Labute approximate surface area is 227 Å². The van der Waals surface area contributed by atoms with Crippen molar-refractivity contribution in [1.82, 2.24) is 15.1 Å². The van der Waals surface area contributed by atoms with E-state index in [2.05, 4.69) is 5.32 Å². The Hall–Kier alpha value is -3.50. The monoisotopic (exact) mass is 552 g/mol. The number of thiophene rings is 1. The predicted octanol–water partition coefficient (Wildman–Crippen LogP) is 5.88. The number of anilines is 1. The van der Waals surface area contributed by atoms with E-state index in [0.717, 1.165) is 22.2 Å². The van der Waals surface area contributed by atoms with E-state index >= 15 is 4.39 Å². The van der Waals surface area contributed by atoms with Gasteiger partial charge in [-0.15, -0.1) is 23.1 Å². The smallest absolute Gasteiger partial charge is 0.240 e. The van der Waals surface area contributed by atoms with Crippen LogP contribution in [0.4, 0.5) is 14.6 Å². The van der Waals surface area contributed by atoms with E-state index in [1.54, 1.807) is 4.68 Å². The summed E-state index contributed by atoms with van der Waals surface area (Å²) < 4.78 is 30.8. The van der Waals surface area contributed by atoms with Crippen LogP contribution in [-0.2, 0) is 9.59 Å². The average Bonchev–Trinajstić information content (AvgIpc) is 3.49. The molecule has 4 aromatic rings. The van der Waals surface area contributed by atoms with Crippen molar-refractivity contribution in [2.45, 2.75) is 32.1 Å². The standard InChI is InChI=1S/C28H26F2N4O2S2/c1-16(2)31-23(35)14-33-24(36)15-38-27(19-11-10-18(29)13-20(19)30)25-26(22-9-6-12-37-22)32-34(28(25)33)21-8-5-4-7-17(21)3/h4-13,16,27H,14-15H2,1-3H3,(H,31,35). The molecule has 5 rings (SSSR count). The Morgan fingerprint density at radius 2 is 1.95 bits per heavy atom. The lowest BCUT2D eigenvalue weighted by Crippen LogP contribution is -2.44. The number of carbonyl (C=O) groups excluding carboxylic acids is 2. The maximum Gasteiger partial charge on any atom is 0.240 e. The highest BCUT2D eigenvalue weighted by atomic mass is 32.2. The number of para-hydroxylation sites is 1. The van der Waals surface area contributed by atoms with Crippen molar-refractivity contribution in [3.05, 3.63) is 88.3 Å². The SMILES string of the molecule is Cc1ccccc1-n1nc(-c2cccs2)c2c1N(CC(=O)NC(C)C)C(=O)CSC2c1ccc(F)cc1F. The molecule has 1 atom stereocenters. The third-order valence-corrected chi connectivity index (χ3v) is 8.30. The van der Waals surface area contributed by atoms with Gasteiger partial charge in [-0.2, -0.15) is 5.10 Å². The number of fused-ring (bicyclic) bond motifs is 1. The van der Waals surface area contributed by atoms with E-state index in [-0.39, 0.29) is 35.7 Å². The molecule has 1 aliphatic heterocycles. The summed E-state index contributed by atoms with van der Waals surface area (Å²) in [7, 11) is 0. The number of amides is 2. The molecule has 6 nitrogen and oxygen atoms in total. The Morgan fingerprint density at radius 1 is 1.16 bits per heavy atom. The summed E-state index contributed by atoms with van der Waals surface area (Å²) in [5, 5.41) is 9.09. The van der Waals surface area contributed by atoms with Crippen LogP contribution in [0, 0.1) is 18.6 Å². The number of aromatic nitrogens is 2. The van der Waals surface area contributed by atoms with E-state index in [0.29, 0.717) is 17.1 Å². The van der Waals surface area contributed by atoms with E-state index in [1.165, 1.54) is 40.1 Å². The van der Waals surface area contributed by atoms with Gasteiger partial charge in [-0.1, -0.05) is 30.3 Å². The highest BCUT2D eigenvalue weighted by molar-refractivity contribution is 8.00. The summed E-state index contributed by atoms with van der Waals surface area (Å²) in [5.41, 5.74) is 3.09. The van der Waals surface area contributed by atoms with E-state index in [1.807, 2.05) is 62.5 Å². The molecular weight excluding hydrogens is 526 g/mol. The van der Waals surface area contributed by atoms with Gasteiger partial charge < -0.3 is 5.32 Å². The van der Waals surface area contributed by atoms with Gasteiger partial charge in [0.05, 0.1) is 21.6 Å². The third kappa shape index (κ3) is 4.98. The predicted molar refractivity (Wildman–Crippen MR) is 148 cm³/mol. The van der Waals surface area contributed by atoms with Crippen LogP contribution < -0.4 is 10.2 Å². The van der Waals surface area contributed by atoms with Crippen LogP contribution in [0.15, 0.2) is 60.0 Å². The second kappa shape index (κ2) is 10.7. The first-order chi connectivity index (χ1) is 18.2. The third-order valence-electron chi connectivity index (χ3n) is 6.18. The molecule has 1 aliphatic rings. The molecule has 0 aliphatic carbocycles. The van der Waals surface area contributed by atoms with Crippen molar-refractivity contribution in [3.8, 4) is 16.3 Å². The van der Waals surface area contributed by atoms with Crippen molar-refractivity contribution in [1.29, 1.82) is 0 Å². The number of rotatable bonds is 6. The molecule has 0 spiro atoms. The molecule has 1 unspecified atom stereocenters. The molecule has 38 heavy (non-hydrogen) atoms. The summed E-state index contributed by atoms with van der Waals surface area (Å²) in [4.78, 5) is 28.8. The number of aryl methyl sites for hydroxylation is 1. The summed E-state index contributed by atoms with van der Waals surface area (Å²) in [5.74, 6) is -1.58. The Bertz CT molecular complexity index is 1500. The topological polar surface area (TPSA) is 67.2 Å². The molecule has 0 fully saturated rings. The normalized spacial score (nSPS) is 15.5. The molecule has 0 bridgehead atoms. The minimum Gasteiger partial charge on any atom is -0.352 e. The lowest BCUT2D eigenvalue weighted by atomic mass is 10.0. The zero-order chi connectivity index (χ0) is 27.0. The Kier molecular flexibility index (Phi) is 7.36.